The molecule has 6 heteroatoms. The van der Waals surface area contributed by atoms with Crippen molar-refractivity contribution in [1.82, 2.24) is 14.9 Å². The van der Waals surface area contributed by atoms with Crippen molar-refractivity contribution in [2.45, 2.75) is 38.8 Å². The lowest BCUT2D eigenvalue weighted by Crippen LogP contribution is -2.39. The molecule has 168 valence electrons. The van der Waals surface area contributed by atoms with Crippen molar-refractivity contribution < 1.29 is 4.74 Å². The highest BCUT2D eigenvalue weighted by molar-refractivity contribution is 5.46. The Hall–Kier alpha value is -3.12. The summed E-state index contributed by atoms with van der Waals surface area (Å²) in [4.78, 5) is 11.8. The number of anilines is 2. The van der Waals surface area contributed by atoms with Crippen LogP contribution in [0.4, 0.5) is 11.8 Å². The van der Waals surface area contributed by atoms with Gasteiger partial charge in [-0.3, -0.25) is 4.90 Å². The van der Waals surface area contributed by atoms with E-state index in [1.807, 2.05) is 25.3 Å². The molecule has 0 unspecified atom stereocenters. The molecule has 0 saturated carbocycles. The van der Waals surface area contributed by atoms with E-state index in [9.17, 15) is 0 Å². The average Bonchev–Trinajstić information content (AvgIpc) is 2.83. The second-order valence-electron chi connectivity index (χ2n) is 8.43. The minimum Gasteiger partial charge on any atom is -0.497 e. The van der Waals surface area contributed by atoms with Gasteiger partial charge in [0.05, 0.1) is 7.11 Å². The van der Waals surface area contributed by atoms with E-state index in [1.165, 1.54) is 11.1 Å². The Morgan fingerprint density at radius 2 is 1.75 bits per heavy atom. The first-order valence-electron chi connectivity index (χ1n) is 11.4. The van der Waals surface area contributed by atoms with Gasteiger partial charge >= 0.3 is 0 Å². The molecule has 3 aromatic rings. The molecule has 1 fully saturated rings. The summed E-state index contributed by atoms with van der Waals surface area (Å²) in [6.45, 7) is 6.07. The molecule has 1 saturated heterocycles. The minimum atomic E-state index is 0.414. The molecule has 32 heavy (non-hydrogen) atoms. The summed E-state index contributed by atoms with van der Waals surface area (Å²) in [5, 5.41) is 7.02. The first-order valence-corrected chi connectivity index (χ1v) is 11.4. The average molecular weight is 432 g/mol. The van der Waals surface area contributed by atoms with Crippen LogP contribution >= 0.6 is 0 Å². The van der Waals surface area contributed by atoms with E-state index in [4.69, 9.17) is 9.72 Å². The van der Waals surface area contributed by atoms with Gasteiger partial charge in [0.2, 0.25) is 5.95 Å². The number of benzene rings is 2. The van der Waals surface area contributed by atoms with Crippen LogP contribution in [0.5, 0.6) is 5.75 Å². The number of aryl methyl sites for hydroxylation is 1. The third kappa shape index (κ3) is 6.20. The third-order valence-electron chi connectivity index (χ3n) is 6.01. The second-order valence-corrected chi connectivity index (χ2v) is 8.43. The SMILES string of the molecule is COc1ccc(CCNc2nc(NC3CCN(Cc4ccccc4)CC3)ncc2C)cc1. The first kappa shape index (κ1) is 22.1. The minimum absolute atomic E-state index is 0.414. The van der Waals surface area contributed by atoms with Gasteiger partial charge in [0.25, 0.3) is 0 Å². The fourth-order valence-corrected chi connectivity index (χ4v) is 4.07. The summed E-state index contributed by atoms with van der Waals surface area (Å²) in [5.41, 5.74) is 3.71. The van der Waals surface area contributed by atoms with Crippen molar-refractivity contribution in [2.24, 2.45) is 0 Å². The molecule has 4 rings (SSSR count). The molecule has 0 aliphatic carbocycles. The Balaban J connectivity index is 1.25. The maximum atomic E-state index is 5.22. The van der Waals surface area contributed by atoms with Gasteiger partial charge in [-0.15, -0.1) is 0 Å². The van der Waals surface area contributed by atoms with Crippen LogP contribution in [0.3, 0.4) is 0 Å². The molecule has 0 amide bonds. The number of likely N-dealkylation sites (tertiary alicyclic amines) is 1. The summed E-state index contributed by atoms with van der Waals surface area (Å²) >= 11 is 0. The van der Waals surface area contributed by atoms with Crippen LogP contribution in [-0.4, -0.2) is 47.7 Å². The van der Waals surface area contributed by atoms with E-state index in [1.54, 1.807) is 7.11 Å². The van der Waals surface area contributed by atoms with E-state index in [0.29, 0.717) is 12.0 Å². The molecular formula is C26H33N5O. The quantitative estimate of drug-likeness (QED) is 0.519. The number of methoxy groups -OCH3 is 1. The van der Waals surface area contributed by atoms with E-state index in [2.05, 4.69) is 63.0 Å². The third-order valence-corrected chi connectivity index (χ3v) is 6.01. The number of hydrogen-bond acceptors (Lipinski definition) is 6. The predicted molar refractivity (Wildman–Crippen MR) is 130 cm³/mol. The number of aromatic nitrogens is 2. The number of piperidine rings is 1. The van der Waals surface area contributed by atoms with E-state index in [0.717, 1.165) is 62.6 Å². The highest BCUT2D eigenvalue weighted by atomic mass is 16.5. The zero-order valence-corrected chi connectivity index (χ0v) is 19.1. The van der Waals surface area contributed by atoms with Crippen LogP contribution in [0.25, 0.3) is 0 Å². The molecule has 6 nitrogen and oxygen atoms in total. The Morgan fingerprint density at radius 3 is 2.47 bits per heavy atom. The zero-order valence-electron chi connectivity index (χ0n) is 19.1. The monoisotopic (exact) mass is 431 g/mol. The summed E-state index contributed by atoms with van der Waals surface area (Å²) in [7, 11) is 1.69. The van der Waals surface area contributed by atoms with E-state index < -0.39 is 0 Å². The lowest BCUT2D eigenvalue weighted by molar-refractivity contribution is 0.211. The highest BCUT2D eigenvalue weighted by Crippen LogP contribution is 2.19. The topological polar surface area (TPSA) is 62.3 Å². The van der Waals surface area contributed by atoms with Gasteiger partial charge in [-0.1, -0.05) is 42.5 Å². The summed E-state index contributed by atoms with van der Waals surface area (Å²) in [6.07, 6.45) is 5.03. The number of hydrogen-bond donors (Lipinski definition) is 2. The first-order chi connectivity index (χ1) is 15.7. The zero-order chi connectivity index (χ0) is 22.2. The molecule has 2 N–H and O–H groups in total. The predicted octanol–water partition coefficient (Wildman–Crippen LogP) is 4.52. The normalized spacial score (nSPS) is 14.8. The molecule has 1 aromatic heterocycles. The molecular weight excluding hydrogens is 398 g/mol. The van der Waals surface area contributed by atoms with E-state index >= 15 is 0 Å². The fourth-order valence-electron chi connectivity index (χ4n) is 4.07. The fraction of sp³-hybridized carbons (Fsp3) is 0.385. The molecule has 0 bridgehead atoms. The summed E-state index contributed by atoms with van der Waals surface area (Å²) in [6, 6.07) is 19.3. The standard InChI is InChI=1S/C26H33N5O/c1-20-18-28-26(30-25(20)27-15-12-21-8-10-24(32-2)11-9-21)29-23-13-16-31(17-14-23)19-22-6-4-3-5-7-22/h3-11,18,23H,12-17,19H2,1-2H3,(H2,27,28,29,30). The smallest absolute Gasteiger partial charge is 0.224 e. The van der Waals surface area contributed by atoms with Crippen LogP contribution in [0, 0.1) is 6.92 Å². The van der Waals surface area contributed by atoms with Crippen LogP contribution in [0.2, 0.25) is 0 Å². The molecule has 1 aliphatic rings. The van der Waals surface area contributed by atoms with Crippen LogP contribution in [-0.2, 0) is 13.0 Å². The molecule has 2 heterocycles. The van der Waals surface area contributed by atoms with Gasteiger partial charge in [-0.2, -0.15) is 4.98 Å². The summed E-state index contributed by atoms with van der Waals surface area (Å²) in [5.74, 6) is 2.50. The van der Waals surface area contributed by atoms with Crippen LogP contribution < -0.4 is 15.4 Å². The Morgan fingerprint density at radius 1 is 1.00 bits per heavy atom. The van der Waals surface area contributed by atoms with Crippen molar-refractivity contribution >= 4 is 11.8 Å². The maximum absolute atomic E-state index is 5.22. The molecule has 0 radical (unpaired) electrons. The van der Waals surface area contributed by atoms with Gasteiger partial charge in [-0.25, -0.2) is 4.98 Å². The highest BCUT2D eigenvalue weighted by Gasteiger charge is 2.20. The van der Waals surface area contributed by atoms with Crippen molar-refractivity contribution in [3.05, 3.63) is 77.5 Å². The number of nitrogens with zero attached hydrogens (tertiary/aromatic N) is 3. The lowest BCUT2D eigenvalue weighted by atomic mass is 10.0. The number of ether oxygens (including phenoxy) is 1. The Labute approximate surface area is 191 Å². The Bertz CT molecular complexity index is 969. The summed E-state index contributed by atoms with van der Waals surface area (Å²) < 4.78 is 5.22. The van der Waals surface area contributed by atoms with Crippen molar-refractivity contribution in [1.29, 1.82) is 0 Å². The van der Waals surface area contributed by atoms with Gasteiger partial charge < -0.3 is 15.4 Å². The van der Waals surface area contributed by atoms with Gasteiger partial charge in [-0.05, 0) is 49.4 Å². The molecule has 1 aliphatic heterocycles. The van der Waals surface area contributed by atoms with Crippen LogP contribution in [0.1, 0.15) is 29.5 Å². The van der Waals surface area contributed by atoms with Crippen molar-refractivity contribution in [2.75, 3.05) is 37.4 Å². The number of rotatable bonds is 9. The Kier molecular flexibility index (Phi) is 7.56. The van der Waals surface area contributed by atoms with Crippen molar-refractivity contribution in [3.8, 4) is 5.75 Å². The largest absolute Gasteiger partial charge is 0.497 e. The van der Waals surface area contributed by atoms with Crippen LogP contribution in [0.15, 0.2) is 60.8 Å². The van der Waals surface area contributed by atoms with E-state index in [-0.39, 0.29) is 0 Å². The number of nitrogens with one attached hydrogen (secondary N) is 2. The van der Waals surface area contributed by atoms with Gasteiger partial charge in [0, 0.05) is 44.0 Å². The maximum Gasteiger partial charge on any atom is 0.224 e. The molecule has 2 aromatic carbocycles. The van der Waals surface area contributed by atoms with Crippen molar-refractivity contribution in [3.63, 3.8) is 0 Å². The van der Waals surface area contributed by atoms with Gasteiger partial charge in [0.1, 0.15) is 11.6 Å². The second kappa shape index (κ2) is 11.0. The van der Waals surface area contributed by atoms with Gasteiger partial charge in [0.15, 0.2) is 0 Å². The molecule has 0 atom stereocenters. The molecule has 0 spiro atoms. The lowest BCUT2D eigenvalue weighted by Gasteiger charge is -2.32.